The summed E-state index contributed by atoms with van der Waals surface area (Å²) in [5, 5.41) is 0. The summed E-state index contributed by atoms with van der Waals surface area (Å²) in [5.74, 6) is 0. The van der Waals surface area contributed by atoms with Crippen LogP contribution in [0.3, 0.4) is 0 Å². The molecule has 0 fully saturated rings. The van der Waals surface area contributed by atoms with Crippen molar-refractivity contribution in [2.45, 2.75) is 36.6 Å². The molecule has 0 aliphatic rings. The van der Waals surface area contributed by atoms with Crippen molar-refractivity contribution in [2.24, 2.45) is 0 Å². The first-order valence-corrected chi connectivity index (χ1v) is 9.42. The average molecular weight is 326 g/mol. The van der Waals surface area contributed by atoms with Crippen LogP contribution in [0.4, 0.5) is 0 Å². The van der Waals surface area contributed by atoms with Crippen LogP contribution in [0.2, 0.25) is 0 Å². The quantitative estimate of drug-likeness (QED) is 0.777. The molecule has 0 heterocycles. The van der Waals surface area contributed by atoms with Crippen LogP contribution in [0, 0.1) is 0 Å². The average Bonchev–Trinajstić information content (AvgIpc) is 2.28. The van der Waals surface area contributed by atoms with Crippen LogP contribution in [0.15, 0.2) is 34.1 Å². The summed E-state index contributed by atoms with van der Waals surface area (Å²) in [6.07, 6.45) is 0. The fourth-order valence-corrected chi connectivity index (χ4v) is 4.30. The molecule has 0 spiro atoms. The molecular weight excluding hydrogens is 310 g/mol. The van der Waals surface area contributed by atoms with Gasteiger partial charge in [-0.2, -0.15) is 4.31 Å². The second-order valence-corrected chi connectivity index (χ2v) is 8.67. The van der Waals surface area contributed by atoms with Gasteiger partial charge in [-0.25, -0.2) is 16.8 Å². The van der Waals surface area contributed by atoms with Crippen molar-refractivity contribution in [1.29, 1.82) is 0 Å². The summed E-state index contributed by atoms with van der Waals surface area (Å²) in [6, 6.07) is 4.82. The Morgan fingerprint density at radius 3 is 2.11 bits per heavy atom. The minimum atomic E-state index is -3.95. The Morgan fingerprint density at radius 2 is 1.68 bits per heavy atom. The highest BCUT2D eigenvalue weighted by molar-refractivity contribution is 8.13. The Balaban J connectivity index is 3.38. The van der Waals surface area contributed by atoms with Gasteiger partial charge in [0.15, 0.2) is 0 Å². The Bertz CT molecular complexity index is 653. The van der Waals surface area contributed by atoms with Crippen molar-refractivity contribution < 1.29 is 16.8 Å². The number of rotatable bonds is 5. The monoisotopic (exact) mass is 325 g/mol. The third-order valence-corrected chi connectivity index (χ3v) is 6.08. The predicted molar refractivity (Wildman–Crippen MR) is 74.2 cm³/mol. The van der Waals surface area contributed by atoms with E-state index < -0.39 is 19.1 Å². The van der Waals surface area contributed by atoms with Gasteiger partial charge in [-0.3, -0.25) is 0 Å². The summed E-state index contributed by atoms with van der Waals surface area (Å²) in [4.78, 5) is -0.306. The van der Waals surface area contributed by atoms with Crippen molar-refractivity contribution in [2.75, 3.05) is 6.54 Å². The fraction of sp³-hybridized carbons (Fsp3) is 0.455. The molecule has 8 heteroatoms. The summed E-state index contributed by atoms with van der Waals surface area (Å²) >= 11 is 0. The molecule has 0 bridgehead atoms. The standard InChI is InChI=1S/C11H16ClNO4S2/c1-4-13(9(2)3)19(16,17)11-7-5-6-10(8-11)18(12,14)15/h5-9H,4H2,1-3H3. The van der Waals surface area contributed by atoms with E-state index >= 15 is 0 Å². The number of sulfonamides is 1. The SMILES string of the molecule is CCN(C(C)C)S(=O)(=O)c1cccc(S(=O)(=O)Cl)c1. The normalized spacial score (nSPS) is 13.2. The molecule has 0 saturated carbocycles. The van der Waals surface area contributed by atoms with E-state index in [0.717, 1.165) is 6.07 Å². The van der Waals surface area contributed by atoms with Crippen LogP contribution in [-0.2, 0) is 19.1 Å². The topological polar surface area (TPSA) is 71.5 Å². The van der Waals surface area contributed by atoms with E-state index in [1.165, 1.54) is 22.5 Å². The lowest BCUT2D eigenvalue weighted by Gasteiger charge is -2.24. The van der Waals surface area contributed by atoms with E-state index in [1.807, 2.05) is 0 Å². The van der Waals surface area contributed by atoms with Crippen LogP contribution >= 0.6 is 10.7 Å². The van der Waals surface area contributed by atoms with Crippen molar-refractivity contribution in [3.63, 3.8) is 0 Å². The van der Waals surface area contributed by atoms with Crippen LogP contribution in [0.1, 0.15) is 20.8 Å². The van der Waals surface area contributed by atoms with Gasteiger partial charge in [0.1, 0.15) is 0 Å². The summed E-state index contributed by atoms with van der Waals surface area (Å²) in [7, 11) is -2.45. The first-order valence-electron chi connectivity index (χ1n) is 5.67. The molecule has 5 nitrogen and oxygen atoms in total. The van der Waals surface area contributed by atoms with Crippen molar-refractivity contribution in [1.82, 2.24) is 4.31 Å². The van der Waals surface area contributed by atoms with Crippen LogP contribution in [0.25, 0.3) is 0 Å². The van der Waals surface area contributed by atoms with Gasteiger partial charge in [0.05, 0.1) is 9.79 Å². The zero-order valence-electron chi connectivity index (χ0n) is 10.9. The molecule has 0 amide bonds. The highest BCUT2D eigenvalue weighted by atomic mass is 35.7. The highest BCUT2D eigenvalue weighted by Crippen LogP contribution is 2.22. The second kappa shape index (κ2) is 5.78. The number of hydrogen-bond donors (Lipinski definition) is 0. The van der Waals surface area contributed by atoms with Gasteiger partial charge in [-0.05, 0) is 32.0 Å². The smallest absolute Gasteiger partial charge is 0.207 e. The van der Waals surface area contributed by atoms with E-state index in [4.69, 9.17) is 10.7 Å². The van der Waals surface area contributed by atoms with Gasteiger partial charge in [0.25, 0.3) is 9.05 Å². The zero-order valence-corrected chi connectivity index (χ0v) is 13.3. The second-order valence-electron chi connectivity index (χ2n) is 4.21. The Hall–Kier alpha value is -0.630. The van der Waals surface area contributed by atoms with E-state index in [9.17, 15) is 16.8 Å². The third kappa shape index (κ3) is 3.68. The maximum atomic E-state index is 12.4. The highest BCUT2D eigenvalue weighted by Gasteiger charge is 2.26. The van der Waals surface area contributed by atoms with E-state index in [0.29, 0.717) is 6.54 Å². The molecule has 0 radical (unpaired) electrons. The maximum Gasteiger partial charge on any atom is 0.261 e. The molecule has 0 unspecified atom stereocenters. The Labute approximate surface area is 118 Å². The third-order valence-electron chi connectivity index (χ3n) is 2.58. The minimum Gasteiger partial charge on any atom is -0.207 e. The summed E-state index contributed by atoms with van der Waals surface area (Å²) in [6.45, 7) is 5.53. The molecule has 0 saturated heterocycles. The molecule has 0 aromatic heterocycles. The summed E-state index contributed by atoms with van der Waals surface area (Å²) in [5.41, 5.74) is 0. The molecule has 1 aromatic rings. The number of benzene rings is 1. The van der Waals surface area contributed by atoms with Gasteiger partial charge in [-0.15, -0.1) is 0 Å². The van der Waals surface area contributed by atoms with Crippen molar-refractivity contribution >= 4 is 29.8 Å². The van der Waals surface area contributed by atoms with Gasteiger partial charge < -0.3 is 0 Å². The molecule has 0 N–H and O–H groups in total. The molecule has 108 valence electrons. The molecule has 19 heavy (non-hydrogen) atoms. The van der Waals surface area contributed by atoms with E-state index in [-0.39, 0.29) is 15.8 Å². The van der Waals surface area contributed by atoms with Crippen LogP contribution in [0.5, 0.6) is 0 Å². The lowest BCUT2D eigenvalue weighted by Crippen LogP contribution is -2.36. The minimum absolute atomic E-state index is 0.0789. The van der Waals surface area contributed by atoms with Gasteiger partial charge >= 0.3 is 0 Å². The maximum absolute atomic E-state index is 12.4. The molecule has 1 aromatic carbocycles. The molecule has 0 aliphatic carbocycles. The number of nitrogens with zero attached hydrogens (tertiary/aromatic N) is 1. The molecular formula is C11H16ClNO4S2. The van der Waals surface area contributed by atoms with Gasteiger partial charge in [-0.1, -0.05) is 13.0 Å². The molecule has 0 aliphatic heterocycles. The zero-order chi connectivity index (χ0) is 14.8. The largest absolute Gasteiger partial charge is 0.261 e. The van der Waals surface area contributed by atoms with Crippen LogP contribution in [-0.4, -0.2) is 33.7 Å². The first kappa shape index (κ1) is 16.4. The lowest BCUT2D eigenvalue weighted by atomic mass is 10.4. The van der Waals surface area contributed by atoms with Gasteiger partial charge in [0.2, 0.25) is 10.0 Å². The van der Waals surface area contributed by atoms with E-state index in [2.05, 4.69) is 0 Å². The predicted octanol–water partition coefficient (Wildman–Crippen LogP) is 2.03. The van der Waals surface area contributed by atoms with Crippen molar-refractivity contribution in [3.05, 3.63) is 24.3 Å². The van der Waals surface area contributed by atoms with Crippen LogP contribution < -0.4 is 0 Å². The molecule has 0 atom stereocenters. The number of halogens is 1. The summed E-state index contributed by atoms with van der Waals surface area (Å²) < 4.78 is 48.5. The lowest BCUT2D eigenvalue weighted by molar-refractivity contribution is 0.369. The Morgan fingerprint density at radius 1 is 1.16 bits per heavy atom. The van der Waals surface area contributed by atoms with E-state index in [1.54, 1.807) is 20.8 Å². The van der Waals surface area contributed by atoms with Crippen molar-refractivity contribution in [3.8, 4) is 0 Å². The Kier molecular flexibility index (Phi) is 5.00. The fourth-order valence-electron chi connectivity index (χ4n) is 1.73. The number of hydrogen-bond acceptors (Lipinski definition) is 4. The molecule has 1 rings (SSSR count). The van der Waals surface area contributed by atoms with Gasteiger partial charge in [0, 0.05) is 23.3 Å². The first-order chi connectivity index (χ1) is 8.60.